The topological polar surface area (TPSA) is 53.4 Å². The van der Waals surface area contributed by atoms with Gasteiger partial charge in [-0.1, -0.05) is 0 Å². The number of likely N-dealkylation sites (N-methyl/N-ethyl adjacent to an activating group) is 1. The molecule has 0 spiro atoms. The van der Waals surface area contributed by atoms with Crippen LogP contribution in [0.1, 0.15) is 23.0 Å². The Balaban J connectivity index is 2.72. The van der Waals surface area contributed by atoms with Crippen molar-refractivity contribution in [3.63, 3.8) is 0 Å². The number of nitrogens with zero attached hydrogens (tertiary/aromatic N) is 2. The van der Waals surface area contributed by atoms with Gasteiger partial charge in [-0.25, -0.2) is 0 Å². The smallest absolute Gasteiger partial charge is 0.255 e. The summed E-state index contributed by atoms with van der Waals surface area (Å²) in [4.78, 5) is 17.3. The van der Waals surface area contributed by atoms with E-state index in [1.54, 1.807) is 32.3 Å². The Morgan fingerprint density at radius 2 is 2.27 bits per heavy atom. The Morgan fingerprint density at radius 1 is 1.60 bits per heavy atom. The van der Waals surface area contributed by atoms with Crippen LogP contribution < -0.4 is 0 Å². The van der Waals surface area contributed by atoms with E-state index in [2.05, 4.69) is 4.98 Å². The molecule has 82 valence electrons. The average Bonchev–Trinajstić information content (AvgIpc) is 2.17. The van der Waals surface area contributed by atoms with Gasteiger partial charge in [-0.15, -0.1) is 0 Å². The number of carbonyl (C=O) groups is 1. The lowest BCUT2D eigenvalue weighted by molar-refractivity contribution is 0.0703. The highest BCUT2D eigenvalue weighted by molar-refractivity contribution is 5.93. The molecule has 0 radical (unpaired) electrons. The first-order valence-electron chi connectivity index (χ1n) is 4.87. The highest BCUT2D eigenvalue weighted by Crippen LogP contribution is 2.03. The van der Waals surface area contributed by atoms with Crippen molar-refractivity contribution in [3.8, 4) is 0 Å². The second kappa shape index (κ2) is 4.89. The summed E-state index contributed by atoms with van der Waals surface area (Å²) in [5, 5.41) is 9.15. The Kier molecular flexibility index (Phi) is 3.80. The number of hydrogen-bond donors (Lipinski definition) is 1. The predicted octanol–water partition coefficient (Wildman–Crippen LogP) is 0.843. The van der Waals surface area contributed by atoms with E-state index in [1.807, 2.05) is 6.92 Å². The van der Waals surface area contributed by atoms with E-state index in [9.17, 15) is 4.79 Å². The number of pyridine rings is 1. The molecule has 1 heterocycles. The molecule has 0 aliphatic heterocycles. The Labute approximate surface area is 89.6 Å². The lowest BCUT2D eigenvalue weighted by Crippen LogP contribution is -2.33. The van der Waals surface area contributed by atoms with Crippen LogP contribution in [0.25, 0.3) is 0 Å². The van der Waals surface area contributed by atoms with E-state index in [0.717, 1.165) is 5.69 Å². The molecule has 0 saturated heterocycles. The molecule has 0 aromatic carbocycles. The Bertz CT molecular complexity index is 333. The van der Waals surface area contributed by atoms with Crippen molar-refractivity contribution in [2.45, 2.75) is 20.0 Å². The standard InChI is InChI=1S/C11H16N2O2/c1-8-4-5-10(6-12-8)11(15)13(3)7-9(2)14/h4-6,9,14H,7H2,1-3H3. The highest BCUT2D eigenvalue weighted by atomic mass is 16.3. The SMILES string of the molecule is Cc1ccc(C(=O)N(C)CC(C)O)cn1. The minimum absolute atomic E-state index is 0.122. The normalized spacial score (nSPS) is 12.3. The minimum Gasteiger partial charge on any atom is -0.392 e. The number of aryl methyl sites for hydroxylation is 1. The van der Waals surface area contributed by atoms with Gasteiger partial charge in [-0.2, -0.15) is 0 Å². The fraction of sp³-hybridized carbons (Fsp3) is 0.455. The molecule has 0 aliphatic rings. The van der Waals surface area contributed by atoms with E-state index >= 15 is 0 Å². The second-order valence-corrected chi connectivity index (χ2v) is 3.72. The number of aliphatic hydroxyl groups is 1. The van der Waals surface area contributed by atoms with Crippen LogP contribution in [-0.2, 0) is 0 Å². The molecule has 0 saturated carbocycles. The highest BCUT2D eigenvalue weighted by Gasteiger charge is 2.13. The first-order valence-corrected chi connectivity index (χ1v) is 4.87. The maximum absolute atomic E-state index is 11.8. The van der Waals surface area contributed by atoms with Crippen LogP contribution in [-0.4, -0.2) is 40.6 Å². The largest absolute Gasteiger partial charge is 0.392 e. The van der Waals surface area contributed by atoms with Crippen molar-refractivity contribution in [2.75, 3.05) is 13.6 Å². The molecule has 1 rings (SSSR count). The lowest BCUT2D eigenvalue weighted by Gasteiger charge is -2.18. The van der Waals surface area contributed by atoms with Gasteiger partial charge >= 0.3 is 0 Å². The van der Waals surface area contributed by atoms with Gasteiger partial charge in [0.1, 0.15) is 0 Å². The summed E-state index contributed by atoms with van der Waals surface area (Å²) in [6.07, 6.45) is 1.04. The zero-order valence-corrected chi connectivity index (χ0v) is 9.27. The molecular formula is C11H16N2O2. The van der Waals surface area contributed by atoms with Crippen LogP contribution in [0.3, 0.4) is 0 Å². The summed E-state index contributed by atoms with van der Waals surface area (Å²) in [5.41, 5.74) is 1.42. The van der Waals surface area contributed by atoms with E-state index in [0.29, 0.717) is 12.1 Å². The summed E-state index contributed by atoms with van der Waals surface area (Å²) in [5.74, 6) is -0.122. The Morgan fingerprint density at radius 3 is 2.73 bits per heavy atom. The third-order valence-electron chi connectivity index (χ3n) is 2.04. The fourth-order valence-corrected chi connectivity index (χ4v) is 1.29. The average molecular weight is 208 g/mol. The van der Waals surface area contributed by atoms with Crippen molar-refractivity contribution >= 4 is 5.91 Å². The first-order chi connectivity index (χ1) is 7.00. The predicted molar refractivity (Wildman–Crippen MR) is 57.6 cm³/mol. The summed E-state index contributed by atoms with van der Waals surface area (Å²) in [7, 11) is 1.66. The van der Waals surface area contributed by atoms with Crippen LogP contribution in [0.5, 0.6) is 0 Å². The Hall–Kier alpha value is -1.42. The van der Waals surface area contributed by atoms with Gasteiger partial charge < -0.3 is 10.0 Å². The van der Waals surface area contributed by atoms with Crippen molar-refractivity contribution in [3.05, 3.63) is 29.6 Å². The number of aromatic nitrogens is 1. The van der Waals surface area contributed by atoms with Crippen LogP contribution in [0.4, 0.5) is 0 Å². The summed E-state index contributed by atoms with van der Waals surface area (Å²) in [6.45, 7) is 3.84. The van der Waals surface area contributed by atoms with Crippen LogP contribution in [0.2, 0.25) is 0 Å². The van der Waals surface area contributed by atoms with Gasteiger partial charge in [-0.05, 0) is 26.0 Å². The third kappa shape index (κ3) is 3.32. The van der Waals surface area contributed by atoms with Crippen molar-refractivity contribution in [1.82, 2.24) is 9.88 Å². The maximum Gasteiger partial charge on any atom is 0.255 e. The minimum atomic E-state index is -0.516. The fourth-order valence-electron chi connectivity index (χ4n) is 1.29. The summed E-state index contributed by atoms with van der Waals surface area (Å²) >= 11 is 0. The zero-order chi connectivity index (χ0) is 11.4. The van der Waals surface area contributed by atoms with Gasteiger partial charge in [0.2, 0.25) is 0 Å². The summed E-state index contributed by atoms with van der Waals surface area (Å²) in [6, 6.07) is 3.53. The van der Waals surface area contributed by atoms with Crippen molar-refractivity contribution < 1.29 is 9.90 Å². The molecular weight excluding hydrogens is 192 g/mol. The van der Waals surface area contributed by atoms with E-state index in [-0.39, 0.29) is 5.91 Å². The molecule has 1 amide bonds. The van der Waals surface area contributed by atoms with Gasteiger partial charge in [0.05, 0.1) is 11.7 Å². The molecule has 1 aromatic heterocycles. The zero-order valence-electron chi connectivity index (χ0n) is 9.27. The van der Waals surface area contributed by atoms with E-state index in [1.165, 1.54) is 4.90 Å². The molecule has 1 aromatic rings. The molecule has 0 aliphatic carbocycles. The third-order valence-corrected chi connectivity index (χ3v) is 2.04. The number of amides is 1. The molecule has 15 heavy (non-hydrogen) atoms. The van der Waals surface area contributed by atoms with Gasteiger partial charge in [0.25, 0.3) is 5.91 Å². The van der Waals surface area contributed by atoms with Gasteiger partial charge in [-0.3, -0.25) is 9.78 Å². The first kappa shape index (κ1) is 11.7. The summed E-state index contributed by atoms with van der Waals surface area (Å²) < 4.78 is 0. The van der Waals surface area contributed by atoms with Crippen molar-refractivity contribution in [1.29, 1.82) is 0 Å². The van der Waals surface area contributed by atoms with Crippen molar-refractivity contribution in [2.24, 2.45) is 0 Å². The van der Waals surface area contributed by atoms with Crippen LogP contribution in [0, 0.1) is 6.92 Å². The molecule has 1 N–H and O–H groups in total. The monoisotopic (exact) mass is 208 g/mol. The van der Waals surface area contributed by atoms with Gasteiger partial charge in [0, 0.05) is 25.5 Å². The maximum atomic E-state index is 11.8. The molecule has 0 fully saturated rings. The lowest BCUT2D eigenvalue weighted by atomic mass is 10.2. The van der Waals surface area contributed by atoms with E-state index < -0.39 is 6.10 Å². The molecule has 0 bridgehead atoms. The van der Waals surface area contributed by atoms with E-state index in [4.69, 9.17) is 5.11 Å². The number of aliphatic hydroxyl groups excluding tert-OH is 1. The van der Waals surface area contributed by atoms with Gasteiger partial charge in [0.15, 0.2) is 0 Å². The quantitative estimate of drug-likeness (QED) is 0.801. The molecule has 1 atom stereocenters. The second-order valence-electron chi connectivity index (χ2n) is 3.72. The number of carbonyl (C=O) groups excluding carboxylic acids is 1. The molecule has 4 heteroatoms. The van der Waals surface area contributed by atoms with Crippen LogP contribution >= 0.6 is 0 Å². The number of rotatable bonds is 3. The molecule has 4 nitrogen and oxygen atoms in total. The van der Waals surface area contributed by atoms with Crippen LogP contribution in [0.15, 0.2) is 18.3 Å². The molecule has 1 unspecified atom stereocenters. The number of hydrogen-bond acceptors (Lipinski definition) is 3.